The van der Waals surface area contributed by atoms with E-state index in [-0.39, 0.29) is 18.4 Å². The van der Waals surface area contributed by atoms with Crippen LogP contribution in [-0.4, -0.2) is 43.0 Å². The monoisotopic (exact) mass is 479 g/mol. The maximum Gasteiger partial charge on any atom is 0.416 e. The summed E-state index contributed by atoms with van der Waals surface area (Å²) in [4.78, 5) is 17.9. The van der Waals surface area contributed by atoms with E-state index in [2.05, 4.69) is 27.2 Å². The largest absolute Gasteiger partial charge is 0.416 e. The molecule has 2 aliphatic rings. The third-order valence-electron chi connectivity index (χ3n) is 7.06. The number of alkyl halides is 3. The van der Waals surface area contributed by atoms with Gasteiger partial charge < -0.3 is 10.2 Å². The van der Waals surface area contributed by atoms with E-state index in [9.17, 15) is 18.0 Å². The highest BCUT2D eigenvalue weighted by atomic mass is 19.4. The molecule has 5 rings (SSSR count). The van der Waals surface area contributed by atoms with E-state index in [0.29, 0.717) is 24.3 Å². The standard InChI is InChI=1S/C28H28F3N3O/c29-28(30,31)22-11-12-25-21(17-22)18-24(27(35)32-23-9-5-2-6-10-23)26-19-33(15-16-34(25)26)14-13-20-7-3-1-4-8-20/h1-12,17,24,26H,13-16,18-19H2,(H,32,35)/t24-,26-/m0/s1. The third-order valence-corrected chi connectivity index (χ3v) is 7.06. The normalized spacial score (nSPS) is 20.1. The molecular formula is C28H28F3N3O. The molecule has 4 nitrogen and oxygen atoms in total. The number of piperazine rings is 1. The average molecular weight is 480 g/mol. The number of nitrogens with one attached hydrogen (secondary N) is 1. The van der Waals surface area contributed by atoms with Crippen molar-refractivity contribution < 1.29 is 18.0 Å². The van der Waals surface area contributed by atoms with Gasteiger partial charge in [0.2, 0.25) is 5.91 Å². The van der Waals surface area contributed by atoms with Crippen LogP contribution in [-0.2, 0) is 23.8 Å². The summed E-state index contributed by atoms with van der Waals surface area (Å²) in [7, 11) is 0. The Hall–Kier alpha value is -3.32. The van der Waals surface area contributed by atoms with Crippen molar-refractivity contribution in [2.75, 3.05) is 36.4 Å². The first-order valence-electron chi connectivity index (χ1n) is 12.0. The molecule has 182 valence electrons. The molecule has 1 amide bonds. The summed E-state index contributed by atoms with van der Waals surface area (Å²) < 4.78 is 40.2. The molecule has 7 heteroatoms. The van der Waals surface area contributed by atoms with Gasteiger partial charge in [-0.2, -0.15) is 13.2 Å². The average Bonchev–Trinajstić information content (AvgIpc) is 2.87. The quantitative estimate of drug-likeness (QED) is 0.543. The summed E-state index contributed by atoms with van der Waals surface area (Å²) in [6.45, 7) is 3.05. The fourth-order valence-electron chi connectivity index (χ4n) is 5.25. The summed E-state index contributed by atoms with van der Waals surface area (Å²) in [5.41, 5.74) is 2.69. The van der Waals surface area contributed by atoms with E-state index in [0.717, 1.165) is 31.3 Å². The second kappa shape index (κ2) is 9.74. The maximum absolute atomic E-state index is 13.4. The van der Waals surface area contributed by atoms with E-state index >= 15 is 0 Å². The number of halogens is 3. The molecule has 1 saturated heterocycles. The number of para-hydroxylation sites is 1. The lowest BCUT2D eigenvalue weighted by Crippen LogP contribution is -2.60. The van der Waals surface area contributed by atoms with Crippen molar-refractivity contribution in [1.29, 1.82) is 0 Å². The summed E-state index contributed by atoms with van der Waals surface area (Å²) in [5, 5.41) is 2.99. The number of hydrogen-bond acceptors (Lipinski definition) is 3. The van der Waals surface area contributed by atoms with Crippen LogP contribution < -0.4 is 10.2 Å². The van der Waals surface area contributed by atoms with Gasteiger partial charge in [-0.25, -0.2) is 0 Å². The molecule has 0 bridgehead atoms. The Morgan fingerprint density at radius 3 is 2.37 bits per heavy atom. The summed E-state index contributed by atoms with van der Waals surface area (Å²) in [5.74, 6) is -0.607. The van der Waals surface area contributed by atoms with Crippen molar-refractivity contribution in [2.45, 2.75) is 25.1 Å². The molecule has 2 atom stereocenters. The molecule has 2 heterocycles. The van der Waals surface area contributed by atoms with Crippen molar-refractivity contribution in [2.24, 2.45) is 5.92 Å². The molecule has 1 fully saturated rings. The summed E-state index contributed by atoms with van der Waals surface area (Å²) in [6, 6.07) is 23.3. The minimum absolute atomic E-state index is 0.104. The van der Waals surface area contributed by atoms with E-state index in [1.165, 1.54) is 11.6 Å². The Morgan fingerprint density at radius 1 is 0.943 bits per heavy atom. The van der Waals surface area contributed by atoms with Gasteiger partial charge in [0.25, 0.3) is 0 Å². The van der Waals surface area contributed by atoms with Crippen LogP contribution in [0.15, 0.2) is 78.9 Å². The number of amides is 1. The second-order valence-corrected chi connectivity index (χ2v) is 9.30. The zero-order chi connectivity index (χ0) is 24.4. The van der Waals surface area contributed by atoms with Crippen molar-refractivity contribution in [1.82, 2.24) is 4.90 Å². The van der Waals surface area contributed by atoms with Gasteiger partial charge in [-0.15, -0.1) is 0 Å². The van der Waals surface area contributed by atoms with Gasteiger partial charge in [-0.3, -0.25) is 9.69 Å². The van der Waals surface area contributed by atoms with Gasteiger partial charge in [0.15, 0.2) is 0 Å². The van der Waals surface area contributed by atoms with Gasteiger partial charge in [-0.1, -0.05) is 48.5 Å². The highest BCUT2D eigenvalue weighted by Crippen LogP contribution is 2.40. The first kappa shape index (κ1) is 23.4. The number of rotatable bonds is 5. The highest BCUT2D eigenvalue weighted by molar-refractivity contribution is 5.94. The van der Waals surface area contributed by atoms with E-state index in [1.807, 2.05) is 48.5 Å². The number of hydrogen-bond donors (Lipinski definition) is 1. The molecule has 0 aliphatic carbocycles. The minimum Gasteiger partial charge on any atom is -0.365 e. The molecule has 0 radical (unpaired) electrons. The Kier molecular flexibility index (Phi) is 6.52. The van der Waals surface area contributed by atoms with Crippen LogP contribution in [0.25, 0.3) is 0 Å². The van der Waals surface area contributed by atoms with Crippen LogP contribution in [0.3, 0.4) is 0 Å². The van der Waals surface area contributed by atoms with Crippen LogP contribution in [0.2, 0.25) is 0 Å². The predicted molar refractivity (Wildman–Crippen MR) is 131 cm³/mol. The van der Waals surface area contributed by atoms with Crippen molar-refractivity contribution >= 4 is 17.3 Å². The first-order chi connectivity index (χ1) is 16.9. The number of carbonyl (C=O) groups excluding carboxylic acids is 1. The number of benzene rings is 3. The van der Waals surface area contributed by atoms with Gasteiger partial charge in [0, 0.05) is 37.6 Å². The van der Waals surface area contributed by atoms with Crippen LogP contribution in [0.1, 0.15) is 16.7 Å². The molecule has 0 spiro atoms. The minimum atomic E-state index is -4.41. The number of carbonyl (C=O) groups is 1. The molecular weight excluding hydrogens is 451 g/mol. The molecule has 3 aromatic rings. The number of fused-ring (bicyclic) bond motifs is 3. The third kappa shape index (κ3) is 5.20. The topological polar surface area (TPSA) is 35.6 Å². The zero-order valence-corrected chi connectivity index (χ0v) is 19.3. The van der Waals surface area contributed by atoms with Gasteiger partial charge in [0.05, 0.1) is 17.5 Å². The lowest BCUT2D eigenvalue weighted by Gasteiger charge is -2.49. The smallest absolute Gasteiger partial charge is 0.365 e. The molecule has 2 aliphatic heterocycles. The molecule has 0 aromatic heterocycles. The van der Waals surface area contributed by atoms with Crippen LogP contribution >= 0.6 is 0 Å². The zero-order valence-electron chi connectivity index (χ0n) is 19.3. The Bertz CT molecular complexity index is 1170. The van der Waals surface area contributed by atoms with E-state index in [4.69, 9.17) is 0 Å². The fraction of sp³-hybridized carbons (Fsp3) is 0.321. The summed E-state index contributed by atoms with van der Waals surface area (Å²) in [6.07, 6.45) is -3.21. The second-order valence-electron chi connectivity index (χ2n) is 9.30. The van der Waals surface area contributed by atoms with Crippen LogP contribution in [0, 0.1) is 5.92 Å². The number of nitrogens with zero attached hydrogens (tertiary/aromatic N) is 2. The molecule has 1 N–H and O–H groups in total. The van der Waals surface area contributed by atoms with Crippen LogP contribution in [0.5, 0.6) is 0 Å². The summed E-state index contributed by atoms with van der Waals surface area (Å²) >= 11 is 0. The Morgan fingerprint density at radius 2 is 1.66 bits per heavy atom. The van der Waals surface area contributed by atoms with Crippen molar-refractivity contribution in [3.8, 4) is 0 Å². The molecule has 3 aromatic carbocycles. The lowest BCUT2D eigenvalue weighted by molar-refractivity contribution is -0.137. The Balaban J connectivity index is 1.40. The van der Waals surface area contributed by atoms with Crippen molar-refractivity contribution in [3.05, 3.63) is 95.6 Å². The van der Waals surface area contributed by atoms with Gasteiger partial charge >= 0.3 is 6.18 Å². The van der Waals surface area contributed by atoms with Gasteiger partial charge in [-0.05, 0) is 54.3 Å². The van der Waals surface area contributed by atoms with E-state index in [1.54, 1.807) is 6.07 Å². The molecule has 35 heavy (non-hydrogen) atoms. The lowest BCUT2D eigenvalue weighted by atomic mass is 9.82. The van der Waals surface area contributed by atoms with Gasteiger partial charge in [0.1, 0.15) is 0 Å². The highest BCUT2D eigenvalue weighted by Gasteiger charge is 2.42. The SMILES string of the molecule is O=C(Nc1ccccc1)[C@H]1Cc2cc(C(F)(F)F)ccc2N2CCN(CCc3ccccc3)C[C@@H]12. The van der Waals surface area contributed by atoms with E-state index < -0.39 is 17.7 Å². The first-order valence-corrected chi connectivity index (χ1v) is 12.0. The molecule has 0 unspecified atom stereocenters. The number of anilines is 2. The van der Waals surface area contributed by atoms with Crippen LogP contribution in [0.4, 0.5) is 24.5 Å². The fourth-order valence-corrected chi connectivity index (χ4v) is 5.25. The Labute approximate surface area is 203 Å². The van der Waals surface area contributed by atoms with Crippen molar-refractivity contribution in [3.63, 3.8) is 0 Å². The predicted octanol–water partition coefficient (Wildman–Crippen LogP) is 5.25. The maximum atomic E-state index is 13.4. The molecule has 0 saturated carbocycles.